The lowest BCUT2D eigenvalue weighted by Crippen LogP contribution is -1.82. The number of hydrogen-bond donors (Lipinski definition) is 0. The van der Waals surface area contributed by atoms with E-state index in [1.807, 2.05) is 24.3 Å². The highest BCUT2D eigenvalue weighted by atomic mass is 14.2. The van der Waals surface area contributed by atoms with Crippen molar-refractivity contribution in [3.05, 3.63) is 83.9 Å². The Morgan fingerprint density at radius 3 is 1.76 bits per heavy atom. The van der Waals surface area contributed by atoms with Gasteiger partial charge >= 0.3 is 0 Å². The lowest BCUT2D eigenvalue weighted by Gasteiger charge is -2.06. The van der Waals surface area contributed by atoms with E-state index in [0.717, 1.165) is 11.1 Å². The summed E-state index contributed by atoms with van der Waals surface area (Å²) >= 11 is 0. The third-order valence-corrected chi connectivity index (χ3v) is 3.59. The van der Waals surface area contributed by atoms with Gasteiger partial charge < -0.3 is 0 Å². The molecule has 0 bridgehead atoms. The number of aryl methyl sites for hydroxylation is 1. The van der Waals surface area contributed by atoms with Gasteiger partial charge in [-0.3, -0.25) is 0 Å². The van der Waals surface area contributed by atoms with Crippen LogP contribution in [0.4, 0.5) is 0 Å². The van der Waals surface area contributed by atoms with Gasteiger partial charge in [-0.15, -0.1) is 0 Å². The molecule has 0 aromatic heterocycles. The van der Waals surface area contributed by atoms with Crippen LogP contribution in [0.3, 0.4) is 0 Å². The highest BCUT2D eigenvalue weighted by Gasteiger charge is 2.01. The van der Waals surface area contributed by atoms with Crippen LogP contribution < -0.4 is 0 Å². The Balaban J connectivity index is 1.93. The molecule has 3 rings (SSSR count). The van der Waals surface area contributed by atoms with Gasteiger partial charge in [-0.1, -0.05) is 66.2 Å². The Morgan fingerprint density at radius 1 is 0.667 bits per heavy atom. The van der Waals surface area contributed by atoms with Gasteiger partial charge in [0.05, 0.1) is 11.6 Å². The van der Waals surface area contributed by atoms with Crippen molar-refractivity contribution in [1.82, 2.24) is 0 Å². The first kappa shape index (κ1) is 13.1. The van der Waals surface area contributed by atoms with E-state index in [1.54, 1.807) is 0 Å². The molecule has 0 radical (unpaired) electrons. The molecule has 0 fully saturated rings. The third kappa shape index (κ3) is 2.85. The van der Waals surface area contributed by atoms with Crippen LogP contribution in [0.15, 0.2) is 72.8 Å². The predicted octanol–water partition coefficient (Wildman–Crippen LogP) is 5.20. The van der Waals surface area contributed by atoms with Crippen molar-refractivity contribution in [3.8, 4) is 28.3 Å². The van der Waals surface area contributed by atoms with Crippen molar-refractivity contribution >= 4 is 0 Å². The monoisotopic (exact) mass is 269 g/mol. The van der Waals surface area contributed by atoms with Crippen molar-refractivity contribution in [3.63, 3.8) is 0 Å². The minimum Gasteiger partial charge on any atom is -0.192 e. The van der Waals surface area contributed by atoms with E-state index in [-0.39, 0.29) is 0 Å². The average molecular weight is 269 g/mol. The molecule has 1 nitrogen and oxygen atoms in total. The molecule has 0 aliphatic heterocycles. The van der Waals surface area contributed by atoms with Gasteiger partial charge in [0.2, 0.25) is 0 Å². The molecular formula is C20H15N. The lowest BCUT2D eigenvalue weighted by molar-refractivity contribution is 1.47. The van der Waals surface area contributed by atoms with Crippen molar-refractivity contribution < 1.29 is 0 Å². The van der Waals surface area contributed by atoms with Gasteiger partial charge in [-0.2, -0.15) is 5.26 Å². The molecule has 3 aromatic carbocycles. The van der Waals surface area contributed by atoms with Crippen LogP contribution in [0.5, 0.6) is 0 Å². The van der Waals surface area contributed by atoms with Crippen molar-refractivity contribution in [2.45, 2.75) is 6.92 Å². The van der Waals surface area contributed by atoms with Gasteiger partial charge in [0.15, 0.2) is 0 Å². The predicted molar refractivity (Wildman–Crippen MR) is 86.8 cm³/mol. The molecule has 0 saturated carbocycles. The maximum atomic E-state index is 8.97. The zero-order valence-electron chi connectivity index (χ0n) is 11.9. The van der Waals surface area contributed by atoms with E-state index in [1.165, 1.54) is 16.7 Å². The molecule has 0 heterocycles. The van der Waals surface area contributed by atoms with Crippen LogP contribution in [0.25, 0.3) is 22.3 Å². The first-order chi connectivity index (χ1) is 10.3. The van der Waals surface area contributed by atoms with Gasteiger partial charge in [0, 0.05) is 0 Å². The third-order valence-electron chi connectivity index (χ3n) is 3.59. The first-order valence-electron chi connectivity index (χ1n) is 6.94. The summed E-state index contributed by atoms with van der Waals surface area (Å²) in [5.41, 5.74) is 6.58. The molecule has 0 amide bonds. The summed E-state index contributed by atoms with van der Waals surface area (Å²) < 4.78 is 0. The molecule has 21 heavy (non-hydrogen) atoms. The van der Waals surface area contributed by atoms with Crippen LogP contribution in [0.2, 0.25) is 0 Å². The molecule has 100 valence electrons. The summed E-state index contributed by atoms with van der Waals surface area (Å²) in [6.07, 6.45) is 0. The molecule has 0 aliphatic carbocycles. The standard InChI is InChI=1S/C20H15N/c1-15-5-7-17(8-6-15)18-9-11-19(12-10-18)20-4-2-3-16(13-20)14-21/h2-13H,1H3. The van der Waals surface area contributed by atoms with Crippen LogP contribution in [-0.2, 0) is 0 Å². The first-order valence-corrected chi connectivity index (χ1v) is 6.94. The second-order valence-corrected chi connectivity index (χ2v) is 5.14. The Labute approximate surface area is 125 Å². The summed E-state index contributed by atoms with van der Waals surface area (Å²) in [7, 11) is 0. The summed E-state index contributed by atoms with van der Waals surface area (Å²) in [5.74, 6) is 0. The van der Waals surface area contributed by atoms with Gasteiger partial charge in [-0.05, 0) is 41.3 Å². The molecule has 0 unspecified atom stereocenters. The van der Waals surface area contributed by atoms with Crippen molar-refractivity contribution in [2.24, 2.45) is 0 Å². The maximum absolute atomic E-state index is 8.97. The van der Waals surface area contributed by atoms with E-state index in [9.17, 15) is 0 Å². The van der Waals surface area contributed by atoms with Gasteiger partial charge in [0.1, 0.15) is 0 Å². The summed E-state index contributed by atoms with van der Waals surface area (Å²) in [6, 6.07) is 26.9. The number of nitrogens with zero attached hydrogens (tertiary/aromatic N) is 1. The molecule has 0 atom stereocenters. The van der Waals surface area contributed by atoms with E-state index in [2.05, 4.69) is 61.5 Å². The van der Waals surface area contributed by atoms with E-state index < -0.39 is 0 Å². The second kappa shape index (κ2) is 5.64. The molecule has 0 aliphatic rings. The fraction of sp³-hybridized carbons (Fsp3) is 0.0500. The normalized spacial score (nSPS) is 10.1. The lowest BCUT2D eigenvalue weighted by atomic mass is 9.99. The number of nitriles is 1. The smallest absolute Gasteiger partial charge is 0.0991 e. The molecule has 0 N–H and O–H groups in total. The zero-order chi connectivity index (χ0) is 14.7. The van der Waals surface area contributed by atoms with Gasteiger partial charge in [-0.25, -0.2) is 0 Å². The fourth-order valence-electron chi connectivity index (χ4n) is 2.37. The quantitative estimate of drug-likeness (QED) is 0.627. The minimum absolute atomic E-state index is 0.690. The van der Waals surface area contributed by atoms with Crippen molar-refractivity contribution in [1.29, 1.82) is 5.26 Å². The highest BCUT2D eigenvalue weighted by molar-refractivity contribution is 5.71. The number of benzene rings is 3. The van der Waals surface area contributed by atoms with Crippen LogP contribution in [0.1, 0.15) is 11.1 Å². The SMILES string of the molecule is Cc1ccc(-c2ccc(-c3cccc(C#N)c3)cc2)cc1. The van der Waals surface area contributed by atoms with Crippen molar-refractivity contribution in [2.75, 3.05) is 0 Å². The van der Waals surface area contributed by atoms with E-state index in [4.69, 9.17) is 5.26 Å². The zero-order valence-corrected chi connectivity index (χ0v) is 11.9. The molecule has 3 aromatic rings. The van der Waals surface area contributed by atoms with Crippen LogP contribution in [-0.4, -0.2) is 0 Å². The second-order valence-electron chi connectivity index (χ2n) is 5.14. The Kier molecular flexibility index (Phi) is 3.53. The summed E-state index contributed by atoms with van der Waals surface area (Å²) in [6.45, 7) is 2.09. The van der Waals surface area contributed by atoms with E-state index in [0.29, 0.717) is 5.56 Å². The van der Waals surface area contributed by atoms with Crippen LogP contribution in [0, 0.1) is 18.3 Å². The fourth-order valence-corrected chi connectivity index (χ4v) is 2.37. The molecule has 1 heteroatoms. The summed E-state index contributed by atoms with van der Waals surface area (Å²) in [5, 5.41) is 8.97. The Hall–Kier alpha value is -2.85. The summed E-state index contributed by atoms with van der Waals surface area (Å²) in [4.78, 5) is 0. The topological polar surface area (TPSA) is 23.8 Å². The Bertz CT molecular complexity index is 790. The minimum atomic E-state index is 0.690. The molecule has 0 saturated heterocycles. The molecule has 0 spiro atoms. The highest BCUT2D eigenvalue weighted by Crippen LogP contribution is 2.25. The largest absolute Gasteiger partial charge is 0.192 e. The average Bonchev–Trinajstić information content (AvgIpc) is 2.56. The molecular weight excluding hydrogens is 254 g/mol. The van der Waals surface area contributed by atoms with E-state index >= 15 is 0 Å². The van der Waals surface area contributed by atoms with Gasteiger partial charge in [0.25, 0.3) is 0 Å². The number of rotatable bonds is 2. The number of hydrogen-bond acceptors (Lipinski definition) is 1. The maximum Gasteiger partial charge on any atom is 0.0991 e. The Morgan fingerprint density at radius 2 is 1.19 bits per heavy atom. The van der Waals surface area contributed by atoms with Crippen LogP contribution >= 0.6 is 0 Å².